The van der Waals surface area contributed by atoms with Crippen LogP contribution in [0.3, 0.4) is 0 Å². The van der Waals surface area contributed by atoms with Crippen molar-refractivity contribution in [2.24, 2.45) is 0 Å². The maximum atomic E-state index is 12.4. The average Bonchev–Trinajstić information content (AvgIpc) is 2.60. The van der Waals surface area contributed by atoms with Gasteiger partial charge in [-0.15, -0.1) is 0 Å². The van der Waals surface area contributed by atoms with E-state index in [0.29, 0.717) is 26.1 Å². The first-order valence-electron chi connectivity index (χ1n) is 8.90. The molecule has 1 saturated heterocycles. The molecular weight excluding hydrogens is 318 g/mol. The minimum Gasteiger partial charge on any atom is -0.497 e. The van der Waals surface area contributed by atoms with Crippen molar-refractivity contribution in [2.75, 3.05) is 39.8 Å². The highest BCUT2D eigenvalue weighted by Gasteiger charge is 2.22. The molecule has 0 spiro atoms. The van der Waals surface area contributed by atoms with Gasteiger partial charge in [0.1, 0.15) is 5.75 Å². The number of carbonyl (C=O) groups is 2. The largest absolute Gasteiger partial charge is 0.497 e. The van der Waals surface area contributed by atoms with E-state index in [9.17, 15) is 9.59 Å². The minimum absolute atomic E-state index is 0.0503. The molecule has 6 heteroatoms. The average molecular weight is 347 g/mol. The molecule has 0 radical (unpaired) electrons. The summed E-state index contributed by atoms with van der Waals surface area (Å²) in [5, 5.41) is 2.90. The van der Waals surface area contributed by atoms with Crippen molar-refractivity contribution in [3.8, 4) is 5.75 Å². The molecule has 0 saturated carbocycles. The highest BCUT2D eigenvalue weighted by atomic mass is 16.5. The molecule has 25 heavy (non-hydrogen) atoms. The molecule has 2 rings (SSSR count). The summed E-state index contributed by atoms with van der Waals surface area (Å²) < 4.78 is 5.14. The van der Waals surface area contributed by atoms with Gasteiger partial charge < -0.3 is 15.0 Å². The number of nitrogens with zero attached hydrogens (tertiary/aromatic N) is 2. The number of ether oxygens (including phenoxy) is 1. The third-order valence-electron chi connectivity index (χ3n) is 4.33. The van der Waals surface area contributed by atoms with Gasteiger partial charge in [-0.25, -0.2) is 0 Å². The van der Waals surface area contributed by atoms with Crippen LogP contribution in [-0.4, -0.2) is 67.5 Å². The summed E-state index contributed by atoms with van der Waals surface area (Å²) in [4.78, 5) is 28.2. The summed E-state index contributed by atoms with van der Waals surface area (Å²) in [7, 11) is 1.64. The third-order valence-corrected chi connectivity index (χ3v) is 4.33. The van der Waals surface area contributed by atoms with Crippen LogP contribution in [0.1, 0.15) is 25.8 Å². The van der Waals surface area contributed by atoms with Crippen molar-refractivity contribution in [3.63, 3.8) is 0 Å². The van der Waals surface area contributed by atoms with Crippen LogP contribution in [0.25, 0.3) is 0 Å². The van der Waals surface area contributed by atoms with Crippen LogP contribution >= 0.6 is 0 Å². The van der Waals surface area contributed by atoms with Gasteiger partial charge in [0.25, 0.3) is 0 Å². The van der Waals surface area contributed by atoms with Crippen molar-refractivity contribution < 1.29 is 14.3 Å². The lowest BCUT2D eigenvalue weighted by Gasteiger charge is -2.34. The van der Waals surface area contributed by atoms with Crippen LogP contribution in [-0.2, 0) is 16.0 Å². The van der Waals surface area contributed by atoms with E-state index in [4.69, 9.17) is 4.74 Å². The lowest BCUT2D eigenvalue weighted by Crippen LogP contribution is -2.51. The zero-order chi connectivity index (χ0) is 18.2. The summed E-state index contributed by atoms with van der Waals surface area (Å²) in [5.74, 6) is 1.06. The number of benzene rings is 1. The Morgan fingerprint density at radius 1 is 1.12 bits per heavy atom. The second-order valence-corrected chi connectivity index (χ2v) is 6.73. The van der Waals surface area contributed by atoms with Crippen LogP contribution in [0.5, 0.6) is 5.75 Å². The molecular formula is C19H29N3O3. The third kappa shape index (κ3) is 6.38. The molecule has 0 unspecified atom stereocenters. The van der Waals surface area contributed by atoms with Gasteiger partial charge in [0.05, 0.1) is 13.7 Å². The molecule has 0 aromatic heterocycles. The summed E-state index contributed by atoms with van der Waals surface area (Å²) in [5.41, 5.74) is 1.14. The van der Waals surface area contributed by atoms with E-state index in [2.05, 4.69) is 10.2 Å². The molecule has 6 nitrogen and oxygen atoms in total. The molecule has 0 atom stereocenters. The Balaban J connectivity index is 1.70. The predicted octanol–water partition coefficient (Wildman–Crippen LogP) is 1.30. The molecule has 0 aliphatic carbocycles. The van der Waals surface area contributed by atoms with Crippen LogP contribution in [0.4, 0.5) is 0 Å². The van der Waals surface area contributed by atoms with Crippen LogP contribution in [0.2, 0.25) is 0 Å². The summed E-state index contributed by atoms with van der Waals surface area (Å²) in [6.07, 6.45) is 1.25. The van der Waals surface area contributed by atoms with Gasteiger partial charge in [0.15, 0.2) is 0 Å². The number of nitrogens with one attached hydrogen (secondary N) is 1. The fraction of sp³-hybridized carbons (Fsp3) is 0.579. The van der Waals surface area contributed by atoms with Gasteiger partial charge in [-0.3, -0.25) is 14.5 Å². The van der Waals surface area contributed by atoms with Crippen LogP contribution < -0.4 is 10.1 Å². The van der Waals surface area contributed by atoms with Crippen molar-refractivity contribution >= 4 is 11.8 Å². The smallest absolute Gasteiger partial charge is 0.234 e. The SMILES string of the molecule is COc1ccc(CCC(=O)N2CCN(CC(=O)NC(C)C)CC2)cc1. The number of piperazine rings is 1. The van der Waals surface area contributed by atoms with Crippen LogP contribution in [0.15, 0.2) is 24.3 Å². The van der Waals surface area contributed by atoms with Crippen molar-refractivity contribution in [3.05, 3.63) is 29.8 Å². The molecule has 2 amide bonds. The Labute approximate surface area is 150 Å². The Hall–Kier alpha value is -2.08. The number of rotatable bonds is 7. The summed E-state index contributed by atoms with van der Waals surface area (Å²) >= 11 is 0. The maximum Gasteiger partial charge on any atom is 0.234 e. The van der Waals surface area contributed by atoms with Crippen molar-refractivity contribution in [1.82, 2.24) is 15.1 Å². The molecule has 1 aliphatic heterocycles. The second kappa shape index (κ2) is 9.42. The van der Waals surface area contributed by atoms with Gasteiger partial charge in [-0.05, 0) is 38.0 Å². The van der Waals surface area contributed by atoms with Gasteiger partial charge in [-0.1, -0.05) is 12.1 Å². The molecule has 1 aromatic carbocycles. The first kappa shape index (κ1) is 19.2. The zero-order valence-electron chi connectivity index (χ0n) is 15.5. The number of carbonyl (C=O) groups excluding carboxylic acids is 2. The van der Waals surface area contributed by atoms with Gasteiger partial charge >= 0.3 is 0 Å². The molecule has 0 bridgehead atoms. The standard InChI is InChI=1S/C19H29N3O3/c1-15(2)20-18(23)14-21-10-12-22(13-11-21)19(24)9-6-16-4-7-17(25-3)8-5-16/h4-5,7-8,15H,6,9-14H2,1-3H3,(H,20,23). The molecule has 1 heterocycles. The van der Waals surface area contributed by atoms with Gasteiger partial charge in [0, 0.05) is 38.6 Å². The predicted molar refractivity (Wildman–Crippen MR) is 97.6 cm³/mol. The highest BCUT2D eigenvalue weighted by Crippen LogP contribution is 2.13. The number of hydrogen-bond donors (Lipinski definition) is 1. The molecule has 1 aromatic rings. The Kier molecular flexibility index (Phi) is 7.25. The van der Waals surface area contributed by atoms with E-state index < -0.39 is 0 Å². The molecule has 1 fully saturated rings. The first-order chi connectivity index (χ1) is 12.0. The van der Waals surface area contributed by atoms with Gasteiger partial charge in [-0.2, -0.15) is 0 Å². The number of aryl methyl sites for hydroxylation is 1. The first-order valence-corrected chi connectivity index (χ1v) is 8.90. The lowest BCUT2D eigenvalue weighted by atomic mass is 10.1. The minimum atomic E-state index is 0.0503. The molecule has 1 aliphatic rings. The Morgan fingerprint density at radius 2 is 1.76 bits per heavy atom. The van der Waals surface area contributed by atoms with Gasteiger partial charge in [0.2, 0.25) is 11.8 Å². The molecule has 1 N–H and O–H groups in total. The van der Waals surface area contributed by atoms with Crippen molar-refractivity contribution in [2.45, 2.75) is 32.7 Å². The normalized spacial score (nSPS) is 15.3. The summed E-state index contributed by atoms with van der Waals surface area (Å²) in [6, 6.07) is 7.99. The topological polar surface area (TPSA) is 61.9 Å². The van der Waals surface area contributed by atoms with E-state index in [1.54, 1.807) is 7.11 Å². The monoisotopic (exact) mass is 347 g/mol. The van der Waals surface area contributed by atoms with E-state index >= 15 is 0 Å². The zero-order valence-corrected chi connectivity index (χ0v) is 15.5. The Bertz CT molecular complexity index is 564. The van der Waals surface area contributed by atoms with E-state index in [1.807, 2.05) is 43.0 Å². The van der Waals surface area contributed by atoms with E-state index in [0.717, 1.165) is 30.8 Å². The fourth-order valence-corrected chi connectivity index (χ4v) is 2.93. The van der Waals surface area contributed by atoms with E-state index in [1.165, 1.54) is 0 Å². The fourth-order valence-electron chi connectivity index (χ4n) is 2.93. The highest BCUT2D eigenvalue weighted by molar-refractivity contribution is 5.78. The molecule has 138 valence electrons. The van der Waals surface area contributed by atoms with Crippen LogP contribution in [0, 0.1) is 0 Å². The number of methoxy groups -OCH3 is 1. The quantitative estimate of drug-likeness (QED) is 0.808. The lowest BCUT2D eigenvalue weighted by molar-refractivity contribution is -0.133. The second-order valence-electron chi connectivity index (χ2n) is 6.73. The number of hydrogen-bond acceptors (Lipinski definition) is 4. The van der Waals surface area contributed by atoms with Crippen molar-refractivity contribution in [1.29, 1.82) is 0 Å². The number of amides is 2. The maximum absolute atomic E-state index is 12.4. The Morgan fingerprint density at radius 3 is 2.32 bits per heavy atom. The van der Waals surface area contributed by atoms with E-state index in [-0.39, 0.29) is 17.9 Å². The summed E-state index contributed by atoms with van der Waals surface area (Å²) in [6.45, 7) is 7.20.